The van der Waals surface area contributed by atoms with Crippen LogP contribution in [0.4, 0.5) is 0 Å². The highest BCUT2D eigenvalue weighted by Gasteiger charge is 2.09. The van der Waals surface area contributed by atoms with Crippen LogP contribution in [-0.2, 0) is 0 Å². The molecule has 0 aliphatic heterocycles. The molecule has 1 aromatic heterocycles. The predicted molar refractivity (Wildman–Crippen MR) is 74.8 cm³/mol. The molecule has 0 saturated carbocycles. The van der Waals surface area contributed by atoms with E-state index in [0.717, 1.165) is 28.1 Å². The first kappa shape index (κ1) is 13.3. The van der Waals surface area contributed by atoms with E-state index >= 15 is 0 Å². The van der Waals surface area contributed by atoms with Gasteiger partial charge in [-0.3, -0.25) is 0 Å². The number of fused-ring (bicyclic) bond motifs is 1. The monoisotopic (exact) mass is 263 g/mol. The summed E-state index contributed by atoms with van der Waals surface area (Å²) in [7, 11) is 1.92. The van der Waals surface area contributed by atoms with E-state index in [1.807, 2.05) is 31.3 Å². The summed E-state index contributed by atoms with van der Waals surface area (Å²) in [6.45, 7) is 0.205. The summed E-state index contributed by atoms with van der Waals surface area (Å²) < 4.78 is 0. The molecule has 0 spiro atoms. The minimum atomic E-state index is 0.205. The Morgan fingerprint density at radius 3 is 2.94 bits per heavy atom. The number of aromatic nitrogens is 2. The van der Waals surface area contributed by atoms with Gasteiger partial charge in [-0.15, -0.1) is 11.8 Å². The van der Waals surface area contributed by atoms with Crippen molar-refractivity contribution in [1.29, 1.82) is 0 Å². The van der Waals surface area contributed by atoms with Crippen LogP contribution in [0, 0.1) is 0 Å². The smallest absolute Gasteiger partial charge is 0.117 e. The van der Waals surface area contributed by atoms with E-state index in [2.05, 4.69) is 15.3 Å². The molecule has 2 rings (SSSR count). The van der Waals surface area contributed by atoms with Crippen molar-refractivity contribution in [3.63, 3.8) is 0 Å². The van der Waals surface area contributed by atoms with Gasteiger partial charge >= 0.3 is 0 Å². The standard InChI is InChI=1S/C13H17N3OS/c1-14-10(6-7-17)8-18-13-11-4-2-3-5-12(11)15-9-16-13/h2-5,9-10,14,17H,6-8H2,1H3. The number of aliphatic hydroxyl groups excluding tert-OH is 1. The molecule has 2 N–H and O–H groups in total. The molecule has 4 nitrogen and oxygen atoms in total. The first-order chi connectivity index (χ1) is 8.85. The molecule has 96 valence electrons. The summed E-state index contributed by atoms with van der Waals surface area (Å²) in [6.07, 6.45) is 2.36. The van der Waals surface area contributed by atoms with Crippen molar-refractivity contribution < 1.29 is 5.11 Å². The lowest BCUT2D eigenvalue weighted by atomic mass is 10.2. The Kier molecular flexibility index (Phi) is 4.92. The first-order valence-corrected chi connectivity index (χ1v) is 6.94. The van der Waals surface area contributed by atoms with Gasteiger partial charge in [-0.1, -0.05) is 18.2 Å². The van der Waals surface area contributed by atoms with Crippen LogP contribution in [0.1, 0.15) is 6.42 Å². The number of nitrogens with zero attached hydrogens (tertiary/aromatic N) is 2. The second-order valence-corrected chi connectivity index (χ2v) is 5.01. The predicted octanol–water partition coefficient (Wildman–Crippen LogP) is 1.69. The summed E-state index contributed by atoms with van der Waals surface area (Å²) >= 11 is 1.70. The highest BCUT2D eigenvalue weighted by molar-refractivity contribution is 7.99. The van der Waals surface area contributed by atoms with E-state index in [1.165, 1.54) is 0 Å². The van der Waals surface area contributed by atoms with Crippen molar-refractivity contribution in [3.05, 3.63) is 30.6 Å². The molecule has 1 heterocycles. The maximum absolute atomic E-state index is 8.96. The molecule has 0 fully saturated rings. The average Bonchev–Trinajstić information content (AvgIpc) is 2.43. The molecule has 1 atom stereocenters. The topological polar surface area (TPSA) is 58.0 Å². The number of nitrogens with one attached hydrogen (secondary N) is 1. The minimum absolute atomic E-state index is 0.205. The van der Waals surface area contributed by atoms with Crippen molar-refractivity contribution >= 4 is 22.7 Å². The number of rotatable bonds is 6. The lowest BCUT2D eigenvalue weighted by Crippen LogP contribution is -2.28. The molecule has 1 unspecified atom stereocenters. The van der Waals surface area contributed by atoms with Crippen molar-refractivity contribution in [2.75, 3.05) is 19.4 Å². The number of benzene rings is 1. The van der Waals surface area contributed by atoms with Crippen LogP contribution >= 0.6 is 11.8 Å². The van der Waals surface area contributed by atoms with Crippen LogP contribution in [0.25, 0.3) is 10.9 Å². The second kappa shape index (κ2) is 6.68. The number of para-hydroxylation sites is 1. The van der Waals surface area contributed by atoms with Crippen LogP contribution in [-0.4, -0.2) is 40.5 Å². The van der Waals surface area contributed by atoms with Gasteiger partial charge in [-0.05, 0) is 19.5 Å². The largest absolute Gasteiger partial charge is 0.396 e. The molecule has 1 aromatic carbocycles. The summed E-state index contributed by atoms with van der Waals surface area (Å²) in [5.41, 5.74) is 0.971. The highest BCUT2D eigenvalue weighted by atomic mass is 32.2. The van der Waals surface area contributed by atoms with E-state index in [-0.39, 0.29) is 6.61 Å². The van der Waals surface area contributed by atoms with Gasteiger partial charge < -0.3 is 10.4 Å². The van der Waals surface area contributed by atoms with Gasteiger partial charge in [0.1, 0.15) is 11.4 Å². The minimum Gasteiger partial charge on any atom is -0.396 e. The molecule has 0 bridgehead atoms. The van der Waals surface area contributed by atoms with Gasteiger partial charge in [-0.25, -0.2) is 9.97 Å². The van der Waals surface area contributed by atoms with E-state index in [1.54, 1.807) is 18.1 Å². The van der Waals surface area contributed by atoms with Gasteiger partial charge in [0.05, 0.1) is 5.52 Å². The zero-order valence-corrected chi connectivity index (χ0v) is 11.2. The van der Waals surface area contributed by atoms with Crippen LogP contribution in [0.15, 0.2) is 35.6 Å². The van der Waals surface area contributed by atoms with Crippen LogP contribution < -0.4 is 5.32 Å². The third-order valence-electron chi connectivity index (χ3n) is 2.81. The maximum atomic E-state index is 8.96. The molecule has 18 heavy (non-hydrogen) atoms. The first-order valence-electron chi connectivity index (χ1n) is 5.96. The van der Waals surface area contributed by atoms with E-state index in [9.17, 15) is 0 Å². The Balaban J connectivity index is 2.11. The van der Waals surface area contributed by atoms with Gasteiger partial charge in [0, 0.05) is 23.8 Å². The lowest BCUT2D eigenvalue weighted by molar-refractivity contribution is 0.273. The van der Waals surface area contributed by atoms with E-state index in [4.69, 9.17) is 5.11 Å². The normalized spacial score (nSPS) is 12.8. The number of aliphatic hydroxyl groups is 1. The number of hydrogen-bond donors (Lipinski definition) is 2. The fourth-order valence-electron chi connectivity index (χ4n) is 1.74. The summed E-state index contributed by atoms with van der Waals surface area (Å²) in [5, 5.41) is 14.2. The summed E-state index contributed by atoms with van der Waals surface area (Å²) in [6, 6.07) is 8.31. The third kappa shape index (κ3) is 3.19. The lowest BCUT2D eigenvalue weighted by Gasteiger charge is -2.14. The Morgan fingerprint density at radius 2 is 2.17 bits per heavy atom. The van der Waals surface area contributed by atoms with Crippen LogP contribution in [0.5, 0.6) is 0 Å². The molecule has 5 heteroatoms. The number of hydrogen-bond acceptors (Lipinski definition) is 5. The Labute approximate surface area is 111 Å². The molecule has 2 aromatic rings. The molecule has 0 amide bonds. The quantitative estimate of drug-likeness (QED) is 0.613. The average molecular weight is 263 g/mol. The summed E-state index contributed by atoms with van der Waals surface area (Å²) in [5.74, 6) is 0.887. The Hall–Kier alpha value is -1.17. The summed E-state index contributed by atoms with van der Waals surface area (Å²) in [4.78, 5) is 8.58. The Morgan fingerprint density at radius 1 is 1.33 bits per heavy atom. The van der Waals surface area contributed by atoms with Crippen molar-refractivity contribution in [2.24, 2.45) is 0 Å². The zero-order valence-electron chi connectivity index (χ0n) is 10.3. The van der Waals surface area contributed by atoms with Crippen molar-refractivity contribution in [3.8, 4) is 0 Å². The molecular formula is C13H17N3OS. The third-order valence-corrected chi connectivity index (χ3v) is 3.98. The Bertz CT molecular complexity index is 501. The molecule has 0 aliphatic carbocycles. The van der Waals surface area contributed by atoms with Gasteiger partial charge in [0.2, 0.25) is 0 Å². The van der Waals surface area contributed by atoms with Gasteiger partial charge in [-0.2, -0.15) is 0 Å². The van der Waals surface area contributed by atoms with Crippen molar-refractivity contribution in [2.45, 2.75) is 17.5 Å². The number of thioether (sulfide) groups is 1. The second-order valence-electron chi connectivity index (χ2n) is 4.00. The molecule has 0 aliphatic rings. The van der Waals surface area contributed by atoms with E-state index < -0.39 is 0 Å². The van der Waals surface area contributed by atoms with Gasteiger partial charge in [0.25, 0.3) is 0 Å². The van der Waals surface area contributed by atoms with Crippen LogP contribution in [0.3, 0.4) is 0 Å². The highest BCUT2D eigenvalue weighted by Crippen LogP contribution is 2.24. The maximum Gasteiger partial charge on any atom is 0.117 e. The fraction of sp³-hybridized carbons (Fsp3) is 0.385. The molecule has 0 radical (unpaired) electrons. The van der Waals surface area contributed by atoms with Gasteiger partial charge in [0.15, 0.2) is 0 Å². The molecule has 0 saturated heterocycles. The fourth-order valence-corrected chi connectivity index (χ4v) is 2.88. The van der Waals surface area contributed by atoms with Crippen LogP contribution in [0.2, 0.25) is 0 Å². The molecular weight excluding hydrogens is 246 g/mol. The van der Waals surface area contributed by atoms with Crippen molar-refractivity contribution in [1.82, 2.24) is 15.3 Å². The SMILES string of the molecule is CNC(CCO)CSc1ncnc2ccccc12. The zero-order chi connectivity index (χ0) is 12.8. The van der Waals surface area contributed by atoms with E-state index in [0.29, 0.717) is 6.04 Å².